The van der Waals surface area contributed by atoms with Crippen molar-refractivity contribution in [2.45, 2.75) is 70.0 Å². The Morgan fingerprint density at radius 3 is 2.56 bits per heavy atom. The van der Waals surface area contributed by atoms with Gasteiger partial charge < -0.3 is 15.3 Å². The van der Waals surface area contributed by atoms with Crippen LogP contribution in [0.25, 0.3) is 0 Å². The van der Waals surface area contributed by atoms with Gasteiger partial charge in [-0.05, 0) is 61.5 Å². The number of rotatable bonds is 3. The number of ketones is 2. The Balaban J connectivity index is 1.60. The molecule has 3 fully saturated rings. The number of benzene rings is 1. The van der Waals surface area contributed by atoms with Crippen molar-refractivity contribution in [1.29, 1.82) is 0 Å². The monoisotopic (exact) mass is 438 g/mol. The van der Waals surface area contributed by atoms with Crippen molar-refractivity contribution in [3.05, 3.63) is 47.5 Å². The molecule has 5 nitrogen and oxygen atoms in total. The standard InChI is InChI=1S/C27H34O5/c1-25-14-22(30)24-19(20(25)10-11-27(25,32)23(31)15-28)9-8-17-12-18(29)13-21(26(17,24)2)16-6-4-3-5-7-16/h3-7,12,19-22,24,28,30,32H,8-11,13-15H2,1-2H3/t19-,20-,21?,22-,24+,25-,26+,27-/m0/s1. The second-order valence-electron chi connectivity index (χ2n) is 11.1. The fourth-order valence-electron chi connectivity index (χ4n) is 8.50. The number of carbonyl (C=O) groups excluding carboxylic acids is 2. The minimum absolute atomic E-state index is 0.00219. The van der Waals surface area contributed by atoms with Gasteiger partial charge in [-0.1, -0.05) is 49.8 Å². The third-order valence-electron chi connectivity index (χ3n) is 10.0. The van der Waals surface area contributed by atoms with Gasteiger partial charge in [0.1, 0.15) is 12.2 Å². The zero-order valence-electron chi connectivity index (χ0n) is 19.0. The average molecular weight is 439 g/mol. The number of aliphatic hydroxyl groups is 3. The molecule has 8 atom stereocenters. The van der Waals surface area contributed by atoms with Crippen molar-refractivity contribution in [1.82, 2.24) is 0 Å². The van der Waals surface area contributed by atoms with Crippen LogP contribution in [0.3, 0.4) is 0 Å². The first kappa shape index (κ1) is 22.0. The van der Waals surface area contributed by atoms with Crippen molar-refractivity contribution < 1.29 is 24.9 Å². The van der Waals surface area contributed by atoms with E-state index in [2.05, 4.69) is 19.1 Å². The molecule has 4 aliphatic carbocycles. The maximum atomic E-state index is 12.7. The molecule has 0 radical (unpaired) electrons. The summed E-state index contributed by atoms with van der Waals surface area (Å²) in [6, 6.07) is 10.2. The van der Waals surface area contributed by atoms with Gasteiger partial charge in [-0.15, -0.1) is 0 Å². The zero-order chi connectivity index (χ0) is 22.9. The van der Waals surface area contributed by atoms with Gasteiger partial charge in [-0.2, -0.15) is 0 Å². The van der Waals surface area contributed by atoms with Crippen molar-refractivity contribution in [3.8, 4) is 0 Å². The number of aliphatic hydroxyl groups excluding tert-OH is 2. The van der Waals surface area contributed by atoms with Crippen LogP contribution < -0.4 is 0 Å². The number of fused-ring (bicyclic) bond motifs is 5. The van der Waals surface area contributed by atoms with Gasteiger partial charge in [0.2, 0.25) is 0 Å². The van der Waals surface area contributed by atoms with Crippen LogP contribution in [0, 0.1) is 28.6 Å². The molecule has 5 rings (SSSR count). The predicted molar refractivity (Wildman–Crippen MR) is 120 cm³/mol. The van der Waals surface area contributed by atoms with E-state index in [9.17, 15) is 24.9 Å². The number of Topliss-reactive ketones (excluding diaryl/α,β-unsaturated/α-hetero) is 1. The second kappa shape index (κ2) is 7.34. The lowest BCUT2D eigenvalue weighted by Crippen LogP contribution is -2.62. The molecular formula is C27H34O5. The van der Waals surface area contributed by atoms with Crippen LogP contribution in [0.4, 0.5) is 0 Å². The Hall–Kier alpha value is -1.82. The van der Waals surface area contributed by atoms with Crippen molar-refractivity contribution >= 4 is 11.6 Å². The zero-order valence-corrected chi connectivity index (χ0v) is 19.0. The first-order valence-corrected chi connectivity index (χ1v) is 12.0. The quantitative estimate of drug-likeness (QED) is 0.674. The summed E-state index contributed by atoms with van der Waals surface area (Å²) in [7, 11) is 0. The normalized spacial score (nSPS) is 45.5. The highest BCUT2D eigenvalue weighted by molar-refractivity contribution is 5.93. The van der Waals surface area contributed by atoms with E-state index in [1.54, 1.807) is 0 Å². The molecule has 0 bridgehead atoms. The fourth-order valence-corrected chi connectivity index (χ4v) is 8.50. The molecule has 0 amide bonds. The highest BCUT2D eigenvalue weighted by Gasteiger charge is 2.69. The summed E-state index contributed by atoms with van der Waals surface area (Å²) in [6.07, 6.45) is 4.62. The first-order valence-electron chi connectivity index (χ1n) is 12.0. The summed E-state index contributed by atoms with van der Waals surface area (Å²) in [6.45, 7) is 3.49. The van der Waals surface area contributed by atoms with Crippen LogP contribution in [-0.2, 0) is 9.59 Å². The van der Waals surface area contributed by atoms with E-state index < -0.39 is 29.5 Å². The highest BCUT2D eigenvalue weighted by Crippen LogP contribution is 2.69. The summed E-state index contributed by atoms with van der Waals surface area (Å²) in [5.74, 6) is -0.146. The highest BCUT2D eigenvalue weighted by atomic mass is 16.3. The van der Waals surface area contributed by atoms with E-state index in [0.29, 0.717) is 19.3 Å². The molecule has 5 heteroatoms. The van der Waals surface area contributed by atoms with E-state index in [4.69, 9.17) is 0 Å². The number of allylic oxidation sites excluding steroid dienone is 1. The minimum Gasteiger partial charge on any atom is -0.393 e. The Bertz CT molecular complexity index is 970. The molecule has 0 aromatic heterocycles. The lowest BCUT2D eigenvalue weighted by Gasteiger charge is -2.62. The smallest absolute Gasteiger partial charge is 0.190 e. The van der Waals surface area contributed by atoms with Crippen LogP contribution >= 0.6 is 0 Å². The van der Waals surface area contributed by atoms with Gasteiger partial charge in [-0.3, -0.25) is 9.59 Å². The molecule has 32 heavy (non-hydrogen) atoms. The van der Waals surface area contributed by atoms with Gasteiger partial charge in [-0.25, -0.2) is 0 Å². The van der Waals surface area contributed by atoms with E-state index in [1.807, 2.05) is 31.2 Å². The fraction of sp³-hybridized carbons (Fsp3) is 0.630. The molecule has 3 saturated carbocycles. The molecule has 1 aromatic rings. The van der Waals surface area contributed by atoms with Crippen LogP contribution in [0.15, 0.2) is 42.0 Å². The van der Waals surface area contributed by atoms with E-state index in [0.717, 1.165) is 30.4 Å². The number of hydrogen-bond acceptors (Lipinski definition) is 5. The molecule has 0 spiro atoms. The molecule has 4 aliphatic rings. The number of carbonyl (C=O) groups is 2. The molecule has 0 saturated heterocycles. The van der Waals surface area contributed by atoms with Crippen molar-refractivity contribution in [3.63, 3.8) is 0 Å². The maximum Gasteiger partial charge on any atom is 0.190 e. The summed E-state index contributed by atoms with van der Waals surface area (Å²) in [5, 5.41) is 32.6. The lowest BCUT2D eigenvalue weighted by atomic mass is 9.43. The van der Waals surface area contributed by atoms with Crippen molar-refractivity contribution in [2.75, 3.05) is 6.61 Å². The minimum atomic E-state index is -1.59. The predicted octanol–water partition coefficient (Wildman–Crippen LogP) is 3.18. The molecule has 0 heterocycles. The number of hydrogen-bond donors (Lipinski definition) is 3. The molecular weight excluding hydrogens is 404 g/mol. The van der Waals surface area contributed by atoms with Crippen LogP contribution in [0.5, 0.6) is 0 Å². The van der Waals surface area contributed by atoms with E-state index in [-0.39, 0.29) is 34.9 Å². The Morgan fingerprint density at radius 1 is 1.16 bits per heavy atom. The van der Waals surface area contributed by atoms with Gasteiger partial charge >= 0.3 is 0 Å². The third kappa shape index (κ3) is 2.74. The van der Waals surface area contributed by atoms with Crippen LogP contribution in [0.2, 0.25) is 0 Å². The summed E-state index contributed by atoms with van der Waals surface area (Å²) >= 11 is 0. The van der Waals surface area contributed by atoms with Gasteiger partial charge in [0.15, 0.2) is 11.6 Å². The summed E-state index contributed by atoms with van der Waals surface area (Å²) in [4.78, 5) is 25.3. The van der Waals surface area contributed by atoms with E-state index in [1.165, 1.54) is 0 Å². The lowest BCUT2D eigenvalue weighted by molar-refractivity contribution is -0.183. The summed E-state index contributed by atoms with van der Waals surface area (Å²) < 4.78 is 0. The van der Waals surface area contributed by atoms with Gasteiger partial charge in [0.05, 0.1) is 6.10 Å². The Morgan fingerprint density at radius 2 is 1.88 bits per heavy atom. The third-order valence-corrected chi connectivity index (χ3v) is 10.0. The maximum absolute atomic E-state index is 12.7. The molecule has 172 valence electrons. The molecule has 3 N–H and O–H groups in total. The van der Waals surface area contributed by atoms with Gasteiger partial charge in [0.25, 0.3) is 0 Å². The van der Waals surface area contributed by atoms with Crippen LogP contribution in [0.1, 0.15) is 63.9 Å². The average Bonchev–Trinajstić information content (AvgIpc) is 3.04. The van der Waals surface area contributed by atoms with Gasteiger partial charge in [0, 0.05) is 23.2 Å². The Labute approximate surface area is 189 Å². The van der Waals surface area contributed by atoms with Crippen LogP contribution in [-0.4, -0.2) is 45.2 Å². The molecule has 1 unspecified atom stereocenters. The second-order valence-corrected chi connectivity index (χ2v) is 11.1. The summed E-state index contributed by atoms with van der Waals surface area (Å²) in [5.41, 5.74) is -0.408. The Kier molecular flexibility index (Phi) is 5.05. The van der Waals surface area contributed by atoms with E-state index >= 15 is 0 Å². The van der Waals surface area contributed by atoms with Crippen molar-refractivity contribution in [2.24, 2.45) is 28.6 Å². The molecule has 0 aliphatic heterocycles. The first-order chi connectivity index (χ1) is 15.2. The largest absolute Gasteiger partial charge is 0.393 e. The molecule has 1 aromatic carbocycles. The topological polar surface area (TPSA) is 94.8 Å². The SMILES string of the molecule is C[C@]12C[C@H](O)[C@H]3[C@@H](CCC4=CC(=O)CC(c5ccccc5)[C@@]43C)[C@@H]1CC[C@]2(O)C(=O)CO.